The molecule has 0 heterocycles. The summed E-state index contributed by atoms with van der Waals surface area (Å²) in [5, 5.41) is 0. The van der Waals surface area contributed by atoms with Crippen molar-refractivity contribution in [2.75, 3.05) is 0 Å². The van der Waals surface area contributed by atoms with Gasteiger partial charge in [-0.05, 0) is 50.9 Å². The lowest BCUT2D eigenvalue weighted by atomic mass is 9.78. The summed E-state index contributed by atoms with van der Waals surface area (Å²) in [5.41, 5.74) is 0.742. The molecule has 0 amide bonds. The van der Waals surface area contributed by atoms with Crippen molar-refractivity contribution < 1.29 is 4.79 Å². The van der Waals surface area contributed by atoms with Crippen molar-refractivity contribution in [3.8, 4) is 0 Å². The zero-order chi connectivity index (χ0) is 7.90. The molecule has 0 aromatic rings. The summed E-state index contributed by atoms with van der Waals surface area (Å²) in [5.74, 6) is 0.835. The molecule has 0 atom stereocenters. The lowest BCUT2D eigenvalue weighted by Gasteiger charge is -2.26. The molecular weight excluding hydrogens is 136 g/mol. The molecule has 2 aliphatic carbocycles. The van der Waals surface area contributed by atoms with E-state index in [-0.39, 0.29) is 0 Å². The lowest BCUT2D eigenvalue weighted by Crippen LogP contribution is -2.20. The van der Waals surface area contributed by atoms with E-state index in [4.69, 9.17) is 0 Å². The van der Waals surface area contributed by atoms with Gasteiger partial charge in [0, 0.05) is 5.92 Å². The molecule has 0 unspecified atom stereocenters. The quantitative estimate of drug-likeness (QED) is 0.564. The van der Waals surface area contributed by atoms with Gasteiger partial charge in [0.15, 0.2) is 0 Å². The van der Waals surface area contributed by atoms with Gasteiger partial charge in [-0.3, -0.25) is 4.79 Å². The fourth-order valence-electron chi connectivity index (χ4n) is 2.31. The number of rotatable bonds is 1. The largest absolute Gasteiger partial charge is 0.300 e. The normalized spacial score (nSPS) is 28.8. The third kappa shape index (κ3) is 1.33. The average Bonchev–Trinajstić information content (AvgIpc) is 2.70. The predicted molar refractivity (Wildman–Crippen MR) is 44.3 cm³/mol. The van der Waals surface area contributed by atoms with Crippen LogP contribution in [0, 0.1) is 11.3 Å². The van der Waals surface area contributed by atoms with Gasteiger partial charge in [0.2, 0.25) is 0 Å². The molecule has 2 fully saturated rings. The molecule has 0 aromatic carbocycles. The maximum Gasteiger partial charge on any atom is 0.132 e. The molecule has 1 spiro atoms. The second kappa shape index (κ2) is 2.33. The van der Waals surface area contributed by atoms with Crippen molar-refractivity contribution in [3.05, 3.63) is 0 Å². The van der Waals surface area contributed by atoms with Crippen molar-refractivity contribution in [3.63, 3.8) is 0 Å². The first-order valence-corrected chi connectivity index (χ1v) is 4.72. The Bertz CT molecular complexity index is 169. The van der Waals surface area contributed by atoms with Gasteiger partial charge in [0.05, 0.1) is 0 Å². The maximum absolute atomic E-state index is 11.0. The fourth-order valence-corrected chi connectivity index (χ4v) is 2.31. The maximum atomic E-state index is 11.0. The van der Waals surface area contributed by atoms with E-state index in [9.17, 15) is 4.79 Å². The molecule has 0 bridgehead atoms. The van der Waals surface area contributed by atoms with E-state index in [0.29, 0.717) is 11.7 Å². The summed E-state index contributed by atoms with van der Waals surface area (Å²) in [6, 6.07) is 0. The van der Waals surface area contributed by atoms with Crippen molar-refractivity contribution in [2.45, 2.75) is 45.4 Å². The van der Waals surface area contributed by atoms with Crippen LogP contribution >= 0.6 is 0 Å². The molecule has 62 valence electrons. The van der Waals surface area contributed by atoms with Gasteiger partial charge in [-0.15, -0.1) is 0 Å². The van der Waals surface area contributed by atoms with Crippen LogP contribution in [0.2, 0.25) is 0 Å². The number of Topliss-reactive ketones (excluding diaryl/α,β-unsaturated/α-hetero) is 1. The van der Waals surface area contributed by atoms with Crippen molar-refractivity contribution in [2.24, 2.45) is 11.3 Å². The highest BCUT2D eigenvalue weighted by Gasteiger charge is 2.45. The highest BCUT2D eigenvalue weighted by Crippen LogP contribution is 2.57. The standard InChI is InChI=1S/C10H16O/c1-8(11)9-2-4-10(5-3-9)6-7-10/h9H,2-7H2,1H3. The van der Waals surface area contributed by atoms with Crippen LogP contribution in [0.4, 0.5) is 0 Å². The summed E-state index contributed by atoms with van der Waals surface area (Å²) in [4.78, 5) is 11.0. The monoisotopic (exact) mass is 152 g/mol. The van der Waals surface area contributed by atoms with E-state index in [1.165, 1.54) is 38.5 Å². The molecule has 0 radical (unpaired) electrons. The van der Waals surface area contributed by atoms with Crippen molar-refractivity contribution in [1.29, 1.82) is 0 Å². The summed E-state index contributed by atoms with van der Waals surface area (Å²) in [7, 11) is 0. The number of carbonyl (C=O) groups excluding carboxylic acids is 1. The Kier molecular flexibility index (Phi) is 1.55. The van der Waals surface area contributed by atoms with Gasteiger partial charge in [-0.1, -0.05) is 0 Å². The topological polar surface area (TPSA) is 17.1 Å². The second-order valence-corrected chi connectivity index (χ2v) is 4.38. The Morgan fingerprint density at radius 1 is 1.18 bits per heavy atom. The average molecular weight is 152 g/mol. The summed E-state index contributed by atoms with van der Waals surface area (Å²) in [6.07, 6.45) is 7.90. The summed E-state index contributed by atoms with van der Waals surface area (Å²) in [6.45, 7) is 1.75. The Labute approximate surface area is 68.2 Å². The van der Waals surface area contributed by atoms with Crippen molar-refractivity contribution >= 4 is 5.78 Å². The smallest absolute Gasteiger partial charge is 0.132 e. The van der Waals surface area contributed by atoms with Gasteiger partial charge in [0.1, 0.15) is 5.78 Å². The summed E-state index contributed by atoms with van der Waals surface area (Å²) >= 11 is 0. The van der Waals surface area contributed by atoms with Crippen molar-refractivity contribution in [1.82, 2.24) is 0 Å². The zero-order valence-corrected chi connectivity index (χ0v) is 7.23. The Hall–Kier alpha value is -0.330. The number of hydrogen-bond donors (Lipinski definition) is 0. The highest BCUT2D eigenvalue weighted by molar-refractivity contribution is 5.78. The first-order chi connectivity index (χ1) is 5.22. The van der Waals surface area contributed by atoms with E-state index in [2.05, 4.69) is 0 Å². The van der Waals surface area contributed by atoms with Crippen LogP contribution in [0.25, 0.3) is 0 Å². The SMILES string of the molecule is CC(=O)C1CCC2(CC1)CC2. The van der Waals surface area contributed by atoms with Gasteiger partial charge in [-0.2, -0.15) is 0 Å². The van der Waals surface area contributed by atoms with Crippen LogP contribution in [-0.2, 0) is 4.79 Å². The van der Waals surface area contributed by atoms with E-state index < -0.39 is 0 Å². The molecule has 0 aliphatic heterocycles. The van der Waals surface area contributed by atoms with E-state index >= 15 is 0 Å². The third-order valence-corrected chi connectivity index (χ3v) is 3.58. The lowest BCUT2D eigenvalue weighted by molar-refractivity contribution is -0.121. The molecule has 0 saturated heterocycles. The van der Waals surface area contributed by atoms with Gasteiger partial charge in [-0.25, -0.2) is 0 Å². The summed E-state index contributed by atoms with van der Waals surface area (Å²) < 4.78 is 0. The van der Waals surface area contributed by atoms with Crippen LogP contribution in [0.1, 0.15) is 45.4 Å². The van der Waals surface area contributed by atoms with Crippen LogP contribution in [-0.4, -0.2) is 5.78 Å². The van der Waals surface area contributed by atoms with Gasteiger partial charge < -0.3 is 0 Å². The van der Waals surface area contributed by atoms with Gasteiger partial charge in [0.25, 0.3) is 0 Å². The molecule has 2 saturated carbocycles. The minimum absolute atomic E-state index is 0.417. The molecule has 11 heavy (non-hydrogen) atoms. The predicted octanol–water partition coefficient (Wildman–Crippen LogP) is 2.55. The highest BCUT2D eigenvalue weighted by atomic mass is 16.1. The minimum atomic E-state index is 0.417. The van der Waals surface area contributed by atoms with E-state index in [1.807, 2.05) is 0 Å². The van der Waals surface area contributed by atoms with Crippen LogP contribution in [0.5, 0.6) is 0 Å². The van der Waals surface area contributed by atoms with Crippen LogP contribution < -0.4 is 0 Å². The number of ketones is 1. The number of carbonyl (C=O) groups is 1. The minimum Gasteiger partial charge on any atom is -0.300 e. The molecule has 2 aliphatic rings. The number of hydrogen-bond acceptors (Lipinski definition) is 1. The molecular formula is C10H16O. The van der Waals surface area contributed by atoms with Crippen LogP contribution in [0.3, 0.4) is 0 Å². The molecule has 2 rings (SSSR count). The fraction of sp³-hybridized carbons (Fsp3) is 0.900. The van der Waals surface area contributed by atoms with Crippen LogP contribution in [0.15, 0.2) is 0 Å². The Morgan fingerprint density at radius 3 is 2.09 bits per heavy atom. The third-order valence-electron chi connectivity index (χ3n) is 3.58. The van der Waals surface area contributed by atoms with Gasteiger partial charge >= 0.3 is 0 Å². The zero-order valence-electron chi connectivity index (χ0n) is 7.23. The first kappa shape index (κ1) is 7.33. The first-order valence-electron chi connectivity index (χ1n) is 4.72. The second-order valence-electron chi connectivity index (χ2n) is 4.38. The Morgan fingerprint density at radius 2 is 1.73 bits per heavy atom. The molecule has 1 nitrogen and oxygen atoms in total. The molecule has 0 N–H and O–H groups in total. The molecule has 0 aromatic heterocycles. The van der Waals surface area contributed by atoms with E-state index in [1.54, 1.807) is 6.92 Å². The molecule has 1 heteroatoms. The Balaban J connectivity index is 1.89. The van der Waals surface area contributed by atoms with E-state index in [0.717, 1.165) is 5.41 Å².